The summed E-state index contributed by atoms with van der Waals surface area (Å²) in [6.07, 6.45) is 1.04. The molecule has 0 spiro atoms. The summed E-state index contributed by atoms with van der Waals surface area (Å²) >= 11 is 0. The molecule has 0 aliphatic carbocycles. The molecule has 1 heterocycles. The summed E-state index contributed by atoms with van der Waals surface area (Å²) in [7, 11) is 0. The molecular formula is C5H9ClN2. The Morgan fingerprint density at radius 3 is 2.62 bits per heavy atom. The summed E-state index contributed by atoms with van der Waals surface area (Å²) in [5, 5.41) is 11.4. The lowest BCUT2D eigenvalue weighted by atomic mass is 10.2. The van der Waals surface area contributed by atoms with Crippen LogP contribution in [-0.2, 0) is 0 Å². The largest absolute Gasteiger partial charge is 0.315 e. The third-order valence-corrected chi connectivity index (χ3v) is 1.24. The molecule has 1 rings (SSSR count). The fourth-order valence-corrected chi connectivity index (χ4v) is 0.765. The molecule has 0 amide bonds. The Kier molecular flexibility index (Phi) is 3.59. The molecule has 8 heavy (non-hydrogen) atoms. The van der Waals surface area contributed by atoms with Crippen LogP contribution >= 0.6 is 12.4 Å². The highest BCUT2D eigenvalue weighted by atomic mass is 35.5. The molecule has 0 aromatic carbocycles. The molecule has 0 aromatic heterocycles. The molecule has 3 heteroatoms. The van der Waals surface area contributed by atoms with Crippen molar-refractivity contribution in [3.8, 4) is 6.07 Å². The molecule has 1 saturated heterocycles. The Bertz CT molecular complexity index is 91.1. The van der Waals surface area contributed by atoms with Gasteiger partial charge in [-0.05, 0) is 13.0 Å². The average molecular weight is 133 g/mol. The molecule has 2 nitrogen and oxygen atoms in total. The van der Waals surface area contributed by atoms with Crippen molar-refractivity contribution in [2.45, 2.75) is 6.42 Å². The first-order valence-electron chi connectivity index (χ1n) is 2.54. The minimum Gasteiger partial charge on any atom is -0.315 e. The fourth-order valence-electron chi connectivity index (χ4n) is 0.765. The van der Waals surface area contributed by atoms with E-state index in [9.17, 15) is 0 Å². The predicted molar refractivity (Wildman–Crippen MR) is 33.8 cm³/mol. The van der Waals surface area contributed by atoms with Crippen molar-refractivity contribution in [1.29, 1.82) is 5.26 Å². The minimum atomic E-state index is 0. The van der Waals surface area contributed by atoms with Crippen LogP contribution in [0.1, 0.15) is 6.42 Å². The summed E-state index contributed by atoms with van der Waals surface area (Å²) in [6.45, 7) is 1.93. The van der Waals surface area contributed by atoms with E-state index < -0.39 is 0 Å². The maximum absolute atomic E-state index is 8.28. The lowest BCUT2D eigenvalue weighted by Crippen LogP contribution is -2.07. The van der Waals surface area contributed by atoms with E-state index in [0.717, 1.165) is 19.5 Å². The van der Waals surface area contributed by atoms with Crippen LogP contribution in [-0.4, -0.2) is 13.1 Å². The number of halogens is 1. The Balaban J connectivity index is 0.000000490. The minimum absolute atomic E-state index is 0. The Morgan fingerprint density at radius 1 is 1.62 bits per heavy atom. The molecule has 1 unspecified atom stereocenters. The van der Waals surface area contributed by atoms with Crippen LogP contribution in [0.15, 0.2) is 0 Å². The van der Waals surface area contributed by atoms with E-state index >= 15 is 0 Å². The number of rotatable bonds is 0. The van der Waals surface area contributed by atoms with Crippen LogP contribution in [0.2, 0.25) is 0 Å². The average Bonchev–Trinajstić information content (AvgIpc) is 2.14. The second-order valence-electron chi connectivity index (χ2n) is 1.82. The zero-order chi connectivity index (χ0) is 5.11. The lowest BCUT2D eigenvalue weighted by molar-refractivity contribution is 0.743. The predicted octanol–water partition coefficient (Wildman–Crippen LogP) is 0.541. The van der Waals surface area contributed by atoms with Crippen molar-refractivity contribution in [1.82, 2.24) is 5.32 Å². The van der Waals surface area contributed by atoms with Crippen LogP contribution in [0, 0.1) is 17.2 Å². The van der Waals surface area contributed by atoms with Crippen LogP contribution in [0.3, 0.4) is 0 Å². The standard InChI is InChI=1S/C5H8N2.ClH/c6-3-5-1-2-7-4-5;/h5,7H,1-2,4H2;1H. The molecule has 1 aliphatic rings. The van der Waals surface area contributed by atoms with Gasteiger partial charge >= 0.3 is 0 Å². The summed E-state index contributed by atoms with van der Waals surface area (Å²) in [6, 6.07) is 2.20. The van der Waals surface area contributed by atoms with Crippen LogP contribution in [0.4, 0.5) is 0 Å². The van der Waals surface area contributed by atoms with Crippen molar-refractivity contribution in [2.75, 3.05) is 13.1 Å². The highest BCUT2D eigenvalue weighted by Crippen LogP contribution is 2.03. The first-order chi connectivity index (χ1) is 3.43. The summed E-state index contributed by atoms with van der Waals surface area (Å²) in [4.78, 5) is 0. The van der Waals surface area contributed by atoms with Gasteiger partial charge in [0.25, 0.3) is 0 Å². The second kappa shape index (κ2) is 3.71. The van der Waals surface area contributed by atoms with Crippen molar-refractivity contribution < 1.29 is 0 Å². The molecule has 0 bridgehead atoms. The van der Waals surface area contributed by atoms with E-state index in [-0.39, 0.29) is 12.4 Å². The number of nitriles is 1. The third kappa shape index (κ3) is 1.69. The number of nitrogens with one attached hydrogen (secondary N) is 1. The summed E-state index contributed by atoms with van der Waals surface area (Å²) < 4.78 is 0. The van der Waals surface area contributed by atoms with Crippen LogP contribution in [0.25, 0.3) is 0 Å². The van der Waals surface area contributed by atoms with Crippen LogP contribution in [0.5, 0.6) is 0 Å². The van der Waals surface area contributed by atoms with E-state index in [1.165, 1.54) is 0 Å². The van der Waals surface area contributed by atoms with Gasteiger partial charge in [-0.2, -0.15) is 5.26 Å². The van der Waals surface area contributed by atoms with Gasteiger partial charge < -0.3 is 5.32 Å². The maximum Gasteiger partial charge on any atom is 0.0669 e. The highest BCUT2D eigenvalue weighted by Gasteiger charge is 2.11. The Labute approximate surface area is 55.3 Å². The molecule has 0 aromatic rings. The SMILES string of the molecule is Cl.N#CC1CCNC1. The van der Waals surface area contributed by atoms with Crippen molar-refractivity contribution in [3.63, 3.8) is 0 Å². The second-order valence-corrected chi connectivity index (χ2v) is 1.82. The number of hydrogen-bond acceptors (Lipinski definition) is 2. The first-order valence-corrected chi connectivity index (χ1v) is 2.54. The summed E-state index contributed by atoms with van der Waals surface area (Å²) in [5.74, 6) is 0.292. The Morgan fingerprint density at radius 2 is 2.38 bits per heavy atom. The number of nitrogens with zero attached hydrogens (tertiary/aromatic N) is 1. The van der Waals surface area contributed by atoms with E-state index in [4.69, 9.17) is 5.26 Å². The van der Waals surface area contributed by atoms with Gasteiger partial charge in [-0.25, -0.2) is 0 Å². The first kappa shape index (κ1) is 7.74. The van der Waals surface area contributed by atoms with E-state index in [1.807, 2.05) is 0 Å². The van der Waals surface area contributed by atoms with Gasteiger partial charge in [0, 0.05) is 6.54 Å². The molecule has 1 N–H and O–H groups in total. The number of hydrogen-bond donors (Lipinski definition) is 1. The molecule has 0 radical (unpaired) electrons. The van der Waals surface area contributed by atoms with Gasteiger partial charge in [0.05, 0.1) is 12.0 Å². The van der Waals surface area contributed by atoms with E-state index in [0.29, 0.717) is 5.92 Å². The summed E-state index contributed by atoms with van der Waals surface area (Å²) in [5.41, 5.74) is 0. The monoisotopic (exact) mass is 132 g/mol. The van der Waals surface area contributed by atoms with E-state index in [1.54, 1.807) is 0 Å². The zero-order valence-electron chi connectivity index (χ0n) is 4.55. The van der Waals surface area contributed by atoms with Gasteiger partial charge in [0.1, 0.15) is 0 Å². The molecule has 46 valence electrons. The van der Waals surface area contributed by atoms with Crippen molar-refractivity contribution in [3.05, 3.63) is 0 Å². The van der Waals surface area contributed by atoms with Gasteiger partial charge in [-0.1, -0.05) is 0 Å². The van der Waals surface area contributed by atoms with Gasteiger partial charge in [0.2, 0.25) is 0 Å². The third-order valence-electron chi connectivity index (χ3n) is 1.24. The molecule has 1 atom stereocenters. The fraction of sp³-hybridized carbons (Fsp3) is 0.800. The maximum atomic E-state index is 8.28. The van der Waals surface area contributed by atoms with Crippen LogP contribution < -0.4 is 5.32 Å². The molecule has 1 fully saturated rings. The molecule has 1 aliphatic heterocycles. The topological polar surface area (TPSA) is 35.8 Å². The van der Waals surface area contributed by atoms with Crippen molar-refractivity contribution >= 4 is 12.4 Å². The van der Waals surface area contributed by atoms with Gasteiger partial charge in [-0.15, -0.1) is 12.4 Å². The van der Waals surface area contributed by atoms with Crippen molar-refractivity contribution in [2.24, 2.45) is 5.92 Å². The smallest absolute Gasteiger partial charge is 0.0669 e. The molecular weight excluding hydrogens is 124 g/mol. The molecule has 0 saturated carbocycles. The quantitative estimate of drug-likeness (QED) is 0.522. The highest BCUT2D eigenvalue weighted by molar-refractivity contribution is 5.85. The lowest BCUT2D eigenvalue weighted by Gasteiger charge is -1.87. The van der Waals surface area contributed by atoms with Gasteiger partial charge in [-0.3, -0.25) is 0 Å². The van der Waals surface area contributed by atoms with Gasteiger partial charge in [0.15, 0.2) is 0 Å². The Hall–Kier alpha value is -0.260. The van der Waals surface area contributed by atoms with E-state index in [2.05, 4.69) is 11.4 Å². The zero-order valence-corrected chi connectivity index (χ0v) is 5.37. The normalized spacial score (nSPS) is 26.1.